The molecule has 1 aliphatic heterocycles. The van der Waals surface area contributed by atoms with Crippen LogP contribution in [0, 0.1) is 0 Å². The van der Waals surface area contributed by atoms with E-state index in [-0.39, 0.29) is 11.9 Å². The first-order valence-corrected chi connectivity index (χ1v) is 6.91. The van der Waals surface area contributed by atoms with Gasteiger partial charge in [-0.1, -0.05) is 28.1 Å². The van der Waals surface area contributed by atoms with Gasteiger partial charge in [-0.25, -0.2) is 0 Å². The molecule has 0 fully saturated rings. The van der Waals surface area contributed by atoms with Crippen molar-refractivity contribution in [1.82, 2.24) is 9.88 Å². The molecule has 0 saturated heterocycles. The van der Waals surface area contributed by atoms with Crippen LogP contribution >= 0.6 is 15.9 Å². The van der Waals surface area contributed by atoms with E-state index in [9.17, 15) is 4.79 Å². The predicted octanol–water partition coefficient (Wildman–Crippen LogP) is 2.95. The van der Waals surface area contributed by atoms with Gasteiger partial charge in [0.15, 0.2) is 0 Å². The highest BCUT2D eigenvalue weighted by atomic mass is 79.9. The largest absolute Gasteiger partial charge is 0.333 e. The molecule has 2 aromatic rings. The molecule has 2 heterocycles. The van der Waals surface area contributed by atoms with Crippen molar-refractivity contribution in [3.8, 4) is 0 Å². The lowest BCUT2D eigenvalue weighted by Crippen LogP contribution is -2.38. The SMILES string of the molecule is CN1C(=O)Cc2ccc(Br)cc2C1c1ccccn1. The van der Waals surface area contributed by atoms with Gasteiger partial charge in [-0.3, -0.25) is 9.78 Å². The molecule has 3 nitrogen and oxygen atoms in total. The number of likely N-dealkylation sites (N-methyl/N-ethyl adjacent to an activating group) is 1. The van der Waals surface area contributed by atoms with Gasteiger partial charge >= 0.3 is 0 Å². The predicted molar refractivity (Wildman–Crippen MR) is 76.7 cm³/mol. The molecule has 96 valence electrons. The molecule has 0 radical (unpaired) electrons. The van der Waals surface area contributed by atoms with Crippen molar-refractivity contribution in [3.05, 3.63) is 63.9 Å². The minimum absolute atomic E-state index is 0.102. The molecule has 1 aromatic heterocycles. The molecule has 3 rings (SSSR count). The Kier molecular flexibility index (Phi) is 3.11. The van der Waals surface area contributed by atoms with Crippen molar-refractivity contribution < 1.29 is 4.79 Å². The number of hydrogen-bond acceptors (Lipinski definition) is 2. The molecule has 0 N–H and O–H groups in total. The third-order valence-electron chi connectivity index (χ3n) is 3.49. The van der Waals surface area contributed by atoms with Crippen molar-refractivity contribution in [3.63, 3.8) is 0 Å². The lowest BCUT2D eigenvalue weighted by Gasteiger charge is -2.34. The first kappa shape index (κ1) is 12.4. The minimum Gasteiger partial charge on any atom is -0.333 e. The standard InChI is InChI=1S/C15H13BrN2O/c1-18-14(19)8-10-5-6-11(16)9-12(10)15(18)13-4-2-3-7-17-13/h2-7,9,15H,8H2,1H3. The number of carbonyl (C=O) groups excluding carboxylic acids is 1. The number of hydrogen-bond donors (Lipinski definition) is 0. The van der Waals surface area contributed by atoms with E-state index in [4.69, 9.17) is 0 Å². The van der Waals surface area contributed by atoms with Crippen LogP contribution in [0.3, 0.4) is 0 Å². The molecule has 4 heteroatoms. The third kappa shape index (κ3) is 2.16. The second-order valence-corrected chi connectivity index (χ2v) is 5.60. The summed E-state index contributed by atoms with van der Waals surface area (Å²) >= 11 is 3.50. The lowest BCUT2D eigenvalue weighted by molar-refractivity contribution is -0.131. The van der Waals surface area contributed by atoms with E-state index in [1.807, 2.05) is 37.4 Å². The van der Waals surface area contributed by atoms with E-state index < -0.39 is 0 Å². The zero-order valence-corrected chi connectivity index (χ0v) is 12.1. The molecular formula is C15H13BrN2O. The Morgan fingerprint density at radius 3 is 2.89 bits per heavy atom. The van der Waals surface area contributed by atoms with Crippen LogP contribution in [0.1, 0.15) is 22.9 Å². The Bertz CT molecular complexity index is 627. The van der Waals surface area contributed by atoms with Crippen LogP contribution in [0.2, 0.25) is 0 Å². The highest BCUT2D eigenvalue weighted by Gasteiger charge is 2.31. The summed E-state index contributed by atoms with van der Waals surface area (Å²) in [7, 11) is 1.84. The average Bonchev–Trinajstić information content (AvgIpc) is 2.42. The number of benzene rings is 1. The molecule has 19 heavy (non-hydrogen) atoms. The van der Waals surface area contributed by atoms with Crippen molar-refractivity contribution >= 4 is 21.8 Å². The maximum absolute atomic E-state index is 12.1. The number of rotatable bonds is 1. The van der Waals surface area contributed by atoms with Gasteiger partial charge < -0.3 is 4.90 Å². The molecule has 0 bridgehead atoms. The molecule has 1 atom stereocenters. The van der Waals surface area contributed by atoms with Gasteiger partial charge in [0.25, 0.3) is 0 Å². The molecule has 0 aliphatic carbocycles. The Labute approximate surface area is 120 Å². The second-order valence-electron chi connectivity index (χ2n) is 4.68. The zero-order valence-electron chi connectivity index (χ0n) is 10.5. The van der Waals surface area contributed by atoms with Crippen LogP contribution in [-0.2, 0) is 11.2 Å². The van der Waals surface area contributed by atoms with E-state index in [2.05, 4.69) is 27.0 Å². The Morgan fingerprint density at radius 2 is 2.16 bits per heavy atom. The fourth-order valence-corrected chi connectivity index (χ4v) is 2.90. The molecule has 0 spiro atoms. The second kappa shape index (κ2) is 4.78. The fraction of sp³-hybridized carbons (Fsp3) is 0.200. The van der Waals surface area contributed by atoms with E-state index in [0.717, 1.165) is 21.3 Å². The Hall–Kier alpha value is -1.68. The van der Waals surface area contributed by atoms with Gasteiger partial charge in [0.1, 0.15) is 0 Å². The summed E-state index contributed by atoms with van der Waals surface area (Å²) in [5.41, 5.74) is 3.13. The normalized spacial score (nSPS) is 18.3. The first-order chi connectivity index (χ1) is 9.16. The van der Waals surface area contributed by atoms with Crippen molar-refractivity contribution in [1.29, 1.82) is 0 Å². The van der Waals surface area contributed by atoms with Gasteiger partial charge in [-0.2, -0.15) is 0 Å². The molecule has 0 saturated carbocycles. The Balaban J connectivity index is 2.17. The summed E-state index contributed by atoms with van der Waals surface area (Å²) in [6, 6.07) is 11.8. The topological polar surface area (TPSA) is 33.2 Å². The lowest BCUT2D eigenvalue weighted by atomic mass is 9.90. The molecule has 1 aliphatic rings. The van der Waals surface area contributed by atoms with Crippen molar-refractivity contribution in [2.24, 2.45) is 0 Å². The van der Waals surface area contributed by atoms with Gasteiger partial charge in [0.05, 0.1) is 18.2 Å². The summed E-state index contributed by atoms with van der Waals surface area (Å²) < 4.78 is 1.02. The smallest absolute Gasteiger partial charge is 0.227 e. The van der Waals surface area contributed by atoms with Gasteiger partial charge in [-0.05, 0) is 35.4 Å². The highest BCUT2D eigenvalue weighted by molar-refractivity contribution is 9.10. The van der Waals surface area contributed by atoms with Crippen LogP contribution < -0.4 is 0 Å². The number of carbonyl (C=O) groups is 1. The van der Waals surface area contributed by atoms with Crippen LogP contribution in [0.25, 0.3) is 0 Å². The molecule has 1 aromatic carbocycles. The Morgan fingerprint density at radius 1 is 1.32 bits per heavy atom. The zero-order chi connectivity index (χ0) is 13.4. The fourth-order valence-electron chi connectivity index (χ4n) is 2.52. The third-order valence-corrected chi connectivity index (χ3v) is 3.99. The van der Waals surface area contributed by atoms with Crippen LogP contribution in [0.4, 0.5) is 0 Å². The van der Waals surface area contributed by atoms with Crippen LogP contribution in [0.5, 0.6) is 0 Å². The molecule has 1 unspecified atom stereocenters. The van der Waals surface area contributed by atoms with Gasteiger partial charge in [-0.15, -0.1) is 0 Å². The quantitative estimate of drug-likeness (QED) is 0.810. The minimum atomic E-state index is -0.102. The maximum atomic E-state index is 12.1. The van der Waals surface area contributed by atoms with E-state index in [1.54, 1.807) is 11.1 Å². The number of nitrogens with zero attached hydrogens (tertiary/aromatic N) is 2. The first-order valence-electron chi connectivity index (χ1n) is 6.12. The summed E-state index contributed by atoms with van der Waals surface area (Å²) in [6.07, 6.45) is 2.22. The van der Waals surface area contributed by atoms with E-state index in [0.29, 0.717) is 6.42 Å². The van der Waals surface area contributed by atoms with Crippen molar-refractivity contribution in [2.45, 2.75) is 12.5 Å². The summed E-state index contributed by atoms with van der Waals surface area (Å²) in [5, 5.41) is 0. The van der Waals surface area contributed by atoms with Gasteiger partial charge in [0.2, 0.25) is 5.91 Å². The van der Waals surface area contributed by atoms with E-state index >= 15 is 0 Å². The maximum Gasteiger partial charge on any atom is 0.227 e. The van der Waals surface area contributed by atoms with Crippen molar-refractivity contribution in [2.75, 3.05) is 7.05 Å². The molecular weight excluding hydrogens is 304 g/mol. The number of pyridine rings is 1. The number of fused-ring (bicyclic) bond motifs is 1. The number of aromatic nitrogens is 1. The molecule has 1 amide bonds. The highest BCUT2D eigenvalue weighted by Crippen LogP contribution is 2.35. The number of halogens is 1. The summed E-state index contributed by atoms with van der Waals surface area (Å²) in [4.78, 5) is 18.3. The van der Waals surface area contributed by atoms with Crippen LogP contribution in [0.15, 0.2) is 47.1 Å². The summed E-state index contributed by atoms with van der Waals surface area (Å²) in [5.74, 6) is 0.130. The van der Waals surface area contributed by atoms with Crippen LogP contribution in [-0.4, -0.2) is 22.8 Å². The monoisotopic (exact) mass is 316 g/mol. The number of amides is 1. The van der Waals surface area contributed by atoms with Gasteiger partial charge in [0, 0.05) is 17.7 Å². The average molecular weight is 317 g/mol. The van der Waals surface area contributed by atoms with E-state index in [1.165, 1.54) is 0 Å². The summed E-state index contributed by atoms with van der Waals surface area (Å²) in [6.45, 7) is 0.